The third kappa shape index (κ3) is 5.52. The number of halogens is 3. The number of alkyl halides is 3. The van der Waals surface area contributed by atoms with E-state index in [9.17, 15) is 18.0 Å². The normalized spacial score (nSPS) is 16.3. The summed E-state index contributed by atoms with van der Waals surface area (Å²) < 4.78 is 38.7. The molecule has 3 nitrogen and oxygen atoms in total. The van der Waals surface area contributed by atoms with Crippen molar-refractivity contribution in [1.29, 1.82) is 0 Å². The van der Waals surface area contributed by atoms with E-state index in [1.54, 1.807) is 22.7 Å². The molecule has 1 aliphatic rings. The van der Waals surface area contributed by atoms with Gasteiger partial charge in [-0.05, 0) is 41.6 Å². The molecule has 0 aromatic heterocycles. The Morgan fingerprint density at radius 3 is 2.39 bits per heavy atom. The Morgan fingerprint density at radius 1 is 0.964 bits per heavy atom. The third-order valence-electron chi connectivity index (χ3n) is 4.87. The van der Waals surface area contributed by atoms with Gasteiger partial charge in [0.2, 0.25) is 5.91 Å². The molecule has 7 heteroatoms. The number of nitrogens with zero attached hydrogens (tertiary/aromatic N) is 2. The molecule has 0 unspecified atom stereocenters. The van der Waals surface area contributed by atoms with Gasteiger partial charge in [0.1, 0.15) is 0 Å². The van der Waals surface area contributed by atoms with E-state index in [1.165, 1.54) is 16.5 Å². The molecular formula is C21H23F3N2OS. The lowest BCUT2D eigenvalue weighted by Gasteiger charge is -2.22. The van der Waals surface area contributed by atoms with Gasteiger partial charge in [0.25, 0.3) is 0 Å². The van der Waals surface area contributed by atoms with Crippen LogP contribution in [0.15, 0.2) is 53.4 Å². The minimum absolute atomic E-state index is 0.0161. The van der Waals surface area contributed by atoms with Crippen LogP contribution < -0.4 is 0 Å². The first-order chi connectivity index (χ1) is 13.3. The second-order valence-electron chi connectivity index (χ2n) is 6.89. The molecule has 0 saturated carbocycles. The lowest BCUT2D eigenvalue weighted by atomic mass is 10.1. The Labute approximate surface area is 167 Å². The summed E-state index contributed by atoms with van der Waals surface area (Å²) in [5.74, 6) is -0.0161. The van der Waals surface area contributed by atoms with Crippen molar-refractivity contribution in [3.05, 3.63) is 65.2 Å². The SMILES string of the molecule is CSc1ccc(CN2CCC(=O)N(Cc3cccc(C(F)(F)F)c3)CC2)cc1. The molecular weight excluding hydrogens is 385 g/mol. The van der Waals surface area contributed by atoms with Gasteiger partial charge in [-0.1, -0.05) is 24.3 Å². The molecule has 2 aromatic carbocycles. The van der Waals surface area contributed by atoms with Gasteiger partial charge in [0.15, 0.2) is 0 Å². The fraction of sp³-hybridized carbons (Fsp3) is 0.381. The molecule has 1 saturated heterocycles. The van der Waals surface area contributed by atoms with Crippen molar-refractivity contribution in [3.63, 3.8) is 0 Å². The number of amides is 1. The zero-order valence-corrected chi connectivity index (χ0v) is 16.5. The minimum atomic E-state index is -4.37. The fourth-order valence-electron chi connectivity index (χ4n) is 3.29. The summed E-state index contributed by atoms with van der Waals surface area (Å²) in [5, 5.41) is 0. The molecule has 0 aliphatic carbocycles. The van der Waals surface area contributed by atoms with E-state index in [4.69, 9.17) is 0 Å². The van der Waals surface area contributed by atoms with Gasteiger partial charge in [-0.25, -0.2) is 0 Å². The van der Waals surface area contributed by atoms with E-state index in [1.807, 2.05) is 6.26 Å². The summed E-state index contributed by atoms with van der Waals surface area (Å²) in [7, 11) is 0. The predicted molar refractivity (Wildman–Crippen MR) is 105 cm³/mol. The van der Waals surface area contributed by atoms with Gasteiger partial charge < -0.3 is 4.90 Å². The van der Waals surface area contributed by atoms with Crippen molar-refractivity contribution >= 4 is 17.7 Å². The van der Waals surface area contributed by atoms with Crippen molar-refractivity contribution in [2.75, 3.05) is 25.9 Å². The van der Waals surface area contributed by atoms with Gasteiger partial charge in [-0.15, -0.1) is 11.8 Å². The van der Waals surface area contributed by atoms with Gasteiger partial charge >= 0.3 is 6.18 Å². The molecule has 150 valence electrons. The first kappa shape index (κ1) is 20.7. The van der Waals surface area contributed by atoms with Crippen LogP contribution in [0.1, 0.15) is 23.1 Å². The van der Waals surface area contributed by atoms with E-state index < -0.39 is 11.7 Å². The summed E-state index contributed by atoms with van der Waals surface area (Å²) in [6.45, 7) is 2.84. The molecule has 1 aliphatic heterocycles. The molecule has 1 heterocycles. The van der Waals surface area contributed by atoms with Gasteiger partial charge in [0, 0.05) is 44.0 Å². The molecule has 0 radical (unpaired) electrons. The molecule has 3 rings (SSSR count). The molecule has 0 spiro atoms. The van der Waals surface area contributed by atoms with Crippen molar-refractivity contribution in [2.24, 2.45) is 0 Å². The highest BCUT2D eigenvalue weighted by Gasteiger charge is 2.30. The van der Waals surface area contributed by atoms with Crippen molar-refractivity contribution in [3.8, 4) is 0 Å². The van der Waals surface area contributed by atoms with Gasteiger partial charge in [-0.2, -0.15) is 13.2 Å². The average Bonchev–Trinajstić information content (AvgIpc) is 2.84. The Hall–Kier alpha value is -1.99. The topological polar surface area (TPSA) is 23.6 Å². The summed E-state index contributed by atoms with van der Waals surface area (Å²) in [5.41, 5.74) is 1.02. The van der Waals surface area contributed by atoms with Crippen LogP contribution in [0.2, 0.25) is 0 Å². The van der Waals surface area contributed by atoms with E-state index in [-0.39, 0.29) is 12.5 Å². The van der Waals surface area contributed by atoms with E-state index in [0.29, 0.717) is 31.6 Å². The third-order valence-corrected chi connectivity index (χ3v) is 5.62. The molecule has 0 bridgehead atoms. The van der Waals surface area contributed by atoms with Crippen LogP contribution in [0, 0.1) is 0 Å². The highest BCUT2D eigenvalue weighted by molar-refractivity contribution is 7.98. The first-order valence-corrected chi connectivity index (χ1v) is 10.4. The van der Waals surface area contributed by atoms with Crippen LogP contribution in [-0.2, 0) is 24.1 Å². The molecule has 0 atom stereocenters. The molecule has 0 N–H and O–H groups in total. The van der Waals surface area contributed by atoms with Gasteiger partial charge in [0.05, 0.1) is 5.56 Å². The number of rotatable bonds is 5. The Bertz CT molecular complexity index is 808. The van der Waals surface area contributed by atoms with Crippen LogP contribution in [0.4, 0.5) is 13.2 Å². The summed E-state index contributed by atoms with van der Waals surface area (Å²) in [4.78, 5) is 17.5. The lowest BCUT2D eigenvalue weighted by Crippen LogP contribution is -2.32. The van der Waals surface area contributed by atoms with Crippen molar-refractivity contribution in [2.45, 2.75) is 30.6 Å². The van der Waals surface area contributed by atoms with Crippen molar-refractivity contribution < 1.29 is 18.0 Å². The Morgan fingerprint density at radius 2 is 1.71 bits per heavy atom. The van der Waals surface area contributed by atoms with Crippen LogP contribution in [-0.4, -0.2) is 41.6 Å². The zero-order chi connectivity index (χ0) is 20.1. The maximum atomic E-state index is 12.9. The monoisotopic (exact) mass is 408 g/mol. The number of hydrogen-bond donors (Lipinski definition) is 0. The number of carbonyl (C=O) groups excluding carboxylic acids is 1. The van der Waals surface area contributed by atoms with Gasteiger partial charge in [-0.3, -0.25) is 9.69 Å². The second kappa shape index (κ2) is 9.01. The zero-order valence-electron chi connectivity index (χ0n) is 15.7. The van der Waals surface area contributed by atoms with E-state index in [0.717, 1.165) is 18.7 Å². The first-order valence-electron chi connectivity index (χ1n) is 9.14. The van der Waals surface area contributed by atoms with Crippen LogP contribution in [0.25, 0.3) is 0 Å². The number of hydrogen-bond acceptors (Lipinski definition) is 3. The number of carbonyl (C=O) groups is 1. The number of thioether (sulfide) groups is 1. The maximum absolute atomic E-state index is 12.9. The largest absolute Gasteiger partial charge is 0.416 e. The lowest BCUT2D eigenvalue weighted by molar-refractivity contribution is -0.137. The van der Waals surface area contributed by atoms with Crippen LogP contribution >= 0.6 is 11.8 Å². The van der Waals surface area contributed by atoms with Crippen LogP contribution in [0.5, 0.6) is 0 Å². The maximum Gasteiger partial charge on any atom is 0.416 e. The van der Waals surface area contributed by atoms with Crippen LogP contribution in [0.3, 0.4) is 0 Å². The van der Waals surface area contributed by atoms with E-state index in [2.05, 4.69) is 29.2 Å². The van der Waals surface area contributed by atoms with E-state index >= 15 is 0 Å². The summed E-state index contributed by atoms with van der Waals surface area (Å²) >= 11 is 1.70. The predicted octanol–water partition coefficient (Wildman–Crippen LogP) is 4.66. The Kier molecular flexibility index (Phi) is 6.67. The molecule has 28 heavy (non-hydrogen) atoms. The standard InChI is InChI=1S/C21H23F3N2OS/c1-28-19-7-5-16(6-8-19)14-25-10-9-20(27)26(12-11-25)15-17-3-2-4-18(13-17)21(22,23)24/h2-8,13H,9-12,14-15H2,1H3. The molecule has 1 amide bonds. The number of benzene rings is 2. The quantitative estimate of drug-likeness (QED) is 0.673. The highest BCUT2D eigenvalue weighted by Crippen LogP contribution is 2.30. The highest BCUT2D eigenvalue weighted by atomic mass is 32.2. The second-order valence-corrected chi connectivity index (χ2v) is 7.77. The summed E-state index contributed by atoms with van der Waals surface area (Å²) in [6.07, 6.45) is -1.96. The molecule has 1 fully saturated rings. The summed E-state index contributed by atoms with van der Waals surface area (Å²) in [6, 6.07) is 13.6. The Balaban J connectivity index is 1.61. The smallest absolute Gasteiger partial charge is 0.337 e. The fourth-order valence-corrected chi connectivity index (χ4v) is 3.70. The average molecular weight is 408 g/mol. The van der Waals surface area contributed by atoms with Crippen molar-refractivity contribution in [1.82, 2.24) is 9.80 Å². The molecule has 2 aromatic rings. The minimum Gasteiger partial charge on any atom is -0.337 e.